The van der Waals surface area contributed by atoms with E-state index >= 15 is 0 Å². The molecular formula is C52H76N2O7. The number of hydrogen-bond donors (Lipinski definition) is 3. The highest BCUT2D eigenvalue weighted by atomic mass is 16.5. The van der Waals surface area contributed by atoms with Crippen LogP contribution < -0.4 is 5.32 Å². The molecule has 1 aliphatic heterocycles. The molecule has 336 valence electrons. The highest BCUT2D eigenvalue weighted by molar-refractivity contribution is 6.00. The number of aliphatic hydroxyl groups is 1. The van der Waals surface area contributed by atoms with E-state index in [1.54, 1.807) is 0 Å². The fraction of sp³-hybridized carbons (Fsp3) is 0.769. The van der Waals surface area contributed by atoms with E-state index in [-0.39, 0.29) is 63.0 Å². The summed E-state index contributed by atoms with van der Waals surface area (Å²) in [7, 11) is 0. The van der Waals surface area contributed by atoms with Gasteiger partial charge in [0.05, 0.1) is 17.9 Å². The number of hydrogen-bond acceptors (Lipinski definition) is 7. The number of aliphatic hydroxyl groups excluding tert-OH is 1. The summed E-state index contributed by atoms with van der Waals surface area (Å²) in [6.07, 6.45) is 11.2. The van der Waals surface area contributed by atoms with Gasteiger partial charge < -0.3 is 20.3 Å². The molecule has 1 heterocycles. The van der Waals surface area contributed by atoms with Crippen LogP contribution in [-0.4, -0.2) is 70.6 Å². The maximum Gasteiger partial charge on any atom is 0.309 e. The van der Waals surface area contributed by atoms with Gasteiger partial charge in [-0.1, -0.05) is 80.0 Å². The fourth-order valence-electron chi connectivity index (χ4n) is 15.8. The van der Waals surface area contributed by atoms with Gasteiger partial charge in [-0.2, -0.15) is 0 Å². The zero-order valence-corrected chi connectivity index (χ0v) is 38.8. The van der Waals surface area contributed by atoms with Crippen molar-refractivity contribution in [1.82, 2.24) is 10.2 Å². The molecule has 1 amide bonds. The summed E-state index contributed by atoms with van der Waals surface area (Å²) >= 11 is 0. The summed E-state index contributed by atoms with van der Waals surface area (Å²) in [5, 5.41) is 22.8. The third kappa shape index (κ3) is 7.07. The van der Waals surface area contributed by atoms with E-state index in [0.717, 1.165) is 95.8 Å². The maximum absolute atomic E-state index is 14.2. The van der Waals surface area contributed by atoms with Gasteiger partial charge in [0.1, 0.15) is 6.10 Å². The number of nitrogens with one attached hydrogen (secondary N) is 1. The zero-order valence-electron chi connectivity index (χ0n) is 38.8. The summed E-state index contributed by atoms with van der Waals surface area (Å²) in [6, 6.07) is 7.96. The first kappa shape index (κ1) is 44.6. The second kappa shape index (κ2) is 15.6. The third-order valence-corrected chi connectivity index (χ3v) is 19.7. The van der Waals surface area contributed by atoms with Crippen molar-refractivity contribution >= 4 is 23.6 Å². The van der Waals surface area contributed by atoms with Crippen molar-refractivity contribution in [2.24, 2.45) is 68.0 Å². The number of fused-ring (bicyclic) bond motifs is 7. The van der Waals surface area contributed by atoms with E-state index in [1.165, 1.54) is 11.1 Å². The second-order valence-corrected chi connectivity index (χ2v) is 23.5. The minimum Gasteiger partial charge on any atom is -0.481 e. The van der Waals surface area contributed by atoms with E-state index < -0.39 is 17.3 Å². The molecule has 6 fully saturated rings. The van der Waals surface area contributed by atoms with Gasteiger partial charge in [0.15, 0.2) is 5.78 Å². The number of carbonyl (C=O) groups excluding carboxylic acids is 3. The number of piperidine rings is 1. The molecule has 10 atom stereocenters. The van der Waals surface area contributed by atoms with Gasteiger partial charge in [-0.3, -0.25) is 24.1 Å². The average molecular weight is 841 g/mol. The fourth-order valence-corrected chi connectivity index (χ4v) is 15.8. The predicted molar refractivity (Wildman–Crippen MR) is 236 cm³/mol. The van der Waals surface area contributed by atoms with Gasteiger partial charge >= 0.3 is 11.9 Å². The number of carboxylic acids is 1. The quantitative estimate of drug-likeness (QED) is 0.199. The maximum atomic E-state index is 14.2. The number of Topliss-reactive ketones (excluding diaryl/α,β-unsaturated/α-hetero) is 1. The molecule has 0 aromatic heterocycles. The number of carbonyl (C=O) groups is 4. The molecule has 0 spiro atoms. The van der Waals surface area contributed by atoms with Crippen LogP contribution in [0.5, 0.6) is 0 Å². The van der Waals surface area contributed by atoms with E-state index in [9.17, 15) is 29.4 Å². The Kier molecular flexibility index (Phi) is 11.4. The Balaban J connectivity index is 0.964. The number of aliphatic carboxylic acids is 1. The van der Waals surface area contributed by atoms with Crippen molar-refractivity contribution in [1.29, 1.82) is 0 Å². The molecule has 0 radical (unpaired) electrons. The highest BCUT2D eigenvalue weighted by Gasteiger charge is 2.70. The molecule has 5 saturated carbocycles. The van der Waals surface area contributed by atoms with Crippen LogP contribution in [0.3, 0.4) is 0 Å². The number of amides is 1. The monoisotopic (exact) mass is 841 g/mol. The number of esters is 1. The molecule has 1 saturated heterocycles. The van der Waals surface area contributed by atoms with Crippen molar-refractivity contribution in [3.05, 3.63) is 46.5 Å². The van der Waals surface area contributed by atoms with E-state index in [1.807, 2.05) is 38.1 Å². The first-order valence-electron chi connectivity index (χ1n) is 24.1. The summed E-state index contributed by atoms with van der Waals surface area (Å²) in [5.74, 6) is -0.267. The number of ether oxygens (including phenoxy) is 1. The summed E-state index contributed by atoms with van der Waals surface area (Å²) in [5.41, 5.74) is 3.54. The molecular weight excluding hydrogens is 765 g/mol. The molecule has 0 unspecified atom stereocenters. The second-order valence-electron chi connectivity index (χ2n) is 23.5. The van der Waals surface area contributed by atoms with E-state index in [0.29, 0.717) is 48.5 Å². The Hall–Kier alpha value is -3.04. The van der Waals surface area contributed by atoms with E-state index in [2.05, 4.69) is 58.7 Å². The van der Waals surface area contributed by atoms with Gasteiger partial charge in [-0.15, -0.1) is 0 Å². The van der Waals surface area contributed by atoms with Gasteiger partial charge in [-0.25, -0.2) is 0 Å². The largest absolute Gasteiger partial charge is 0.481 e. The number of nitrogens with zero attached hydrogens (tertiary/aromatic N) is 1. The van der Waals surface area contributed by atoms with Crippen LogP contribution in [-0.2, 0) is 25.7 Å². The van der Waals surface area contributed by atoms with Crippen LogP contribution in [0.1, 0.15) is 162 Å². The standard InChI is InChI=1S/C52H76N2O7/c1-31(2)42-38(56)29-52(24-25-53-44(57)33-12-10-32(11-13-33)30-54-26-18-34(55)19-27-54)23-22-50(8)35(43(42)52)14-15-40-49(7)20-17-41(48(5,6)39(49)16-21-51(40,50)9)61-46(60)37-28-36(45(58)59)47(37,3)4/h10-13,31,34-37,39-41,55H,14-30H2,1-9H3,(H,53,57)(H,58,59)/t35-,36+,37-,39+,40-,41+,49+,50-,51-,52-/m1/s1. The number of benzene rings is 1. The lowest BCUT2D eigenvalue weighted by Gasteiger charge is -2.72. The molecule has 9 nitrogen and oxygen atoms in total. The summed E-state index contributed by atoms with van der Waals surface area (Å²) < 4.78 is 6.44. The number of likely N-dealkylation sites (tertiary alicyclic amines) is 1. The van der Waals surface area contributed by atoms with Crippen molar-refractivity contribution in [2.45, 2.75) is 165 Å². The average Bonchev–Trinajstić information content (AvgIpc) is 3.48. The number of allylic oxidation sites excluding steroid dienone is 2. The van der Waals surface area contributed by atoms with Crippen LogP contribution in [0.4, 0.5) is 0 Å². The van der Waals surface area contributed by atoms with Gasteiger partial charge in [0.2, 0.25) is 0 Å². The molecule has 9 heteroatoms. The highest BCUT2D eigenvalue weighted by Crippen LogP contribution is 2.77. The van der Waals surface area contributed by atoms with Crippen molar-refractivity contribution in [2.75, 3.05) is 19.6 Å². The molecule has 0 bridgehead atoms. The zero-order chi connectivity index (χ0) is 44.1. The van der Waals surface area contributed by atoms with E-state index in [4.69, 9.17) is 4.74 Å². The Morgan fingerprint density at radius 2 is 1.51 bits per heavy atom. The number of rotatable bonds is 10. The topological polar surface area (TPSA) is 133 Å². The van der Waals surface area contributed by atoms with Gasteiger partial charge in [-0.05, 0) is 146 Å². The first-order chi connectivity index (χ1) is 28.6. The lowest BCUT2D eigenvalue weighted by molar-refractivity contribution is -0.236. The Labute approximate surface area is 365 Å². The molecule has 7 aliphatic rings. The Bertz CT molecular complexity index is 1940. The lowest BCUT2D eigenvalue weighted by atomic mass is 9.33. The van der Waals surface area contributed by atoms with Crippen molar-refractivity contribution in [3.63, 3.8) is 0 Å². The molecule has 3 N–H and O–H groups in total. The van der Waals surface area contributed by atoms with Crippen molar-refractivity contribution in [3.8, 4) is 0 Å². The van der Waals surface area contributed by atoms with Crippen LogP contribution in [0.15, 0.2) is 35.4 Å². The van der Waals surface area contributed by atoms with Crippen molar-refractivity contribution < 1.29 is 34.1 Å². The molecule has 1 aromatic rings. The number of carboxylic acid groups (broad SMARTS) is 1. The molecule has 6 aliphatic carbocycles. The SMILES string of the molecule is CC(C)C1=C2[C@H]3CC[C@@H]4[C@@]5(C)CC[C@H](OC(=O)[C@H]6C[C@@H](C(=O)O)C6(C)C)C(C)(C)[C@@H]5CC[C@@]4(C)[C@]3(C)CC[C@@]2(CCNC(=O)c2ccc(CN3CCC(O)CC3)cc2)CC1=O. The Morgan fingerprint density at radius 1 is 0.820 bits per heavy atom. The summed E-state index contributed by atoms with van der Waals surface area (Å²) in [6.45, 7) is 23.7. The molecule has 1 aromatic carbocycles. The molecule has 8 rings (SSSR count). The minimum atomic E-state index is -0.828. The van der Waals surface area contributed by atoms with Gasteiger partial charge in [0.25, 0.3) is 5.91 Å². The molecule has 61 heavy (non-hydrogen) atoms. The summed E-state index contributed by atoms with van der Waals surface area (Å²) in [4.78, 5) is 55.5. The number of ketones is 1. The van der Waals surface area contributed by atoms with Crippen LogP contribution in [0.2, 0.25) is 0 Å². The Morgan fingerprint density at radius 3 is 2.15 bits per heavy atom. The van der Waals surface area contributed by atoms with Crippen LogP contribution in [0, 0.1) is 68.0 Å². The lowest BCUT2D eigenvalue weighted by Crippen LogP contribution is -2.66. The smallest absolute Gasteiger partial charge is 0.309 e. The minimum absolute atomic E-state index is 0.0381. The third-order valence-electron chi connectivity index (χ3n) is 19.7. The van der Waals surface area contributed by atoms with Gasteiger partial charge in [0, 0.05) is 49.0 Å². The van der Waals surface area contributed by atoms with Crippen LogP contribution >= 0.6 is 0 Å². The van der Waals surface area contributed by atoms with Crippen LogP contribution in [0.25, 0.3) is 0 Å². The first-order valence-corrected chi connectivity index (χ1v) is 24.1. The predicted octanol–water partition coefficient (Wildman–Crippen LogP) is 9.40. The normalized spacial score (nSPS) is 39.4.